The zero-order valence-corrected chi connectivity index (χ0v) is 17.1. The number of nitrogens with zero attached hydrogens (tertiary/aromatic N) is 4. The number of piperazine rings is 1. The first-order chi connectivity index (χ1) is 13.0. The summed E-state index contributed by atoms with van der Waals surface area (Å²) in [5, 5.41) is 14.7. The third-order valence-electron chi connectivity index (χ3n) is 5.32. The molecule has 0 radical (unpaired) electrons. The summed E-state index contributed by atoms with van der Waals surface area (Å²) in [5.41, 5.74) is 3.32. The fraction of sp³-hybridized carbons (Fsp3) is 0.550. The van der Waals surface area contributed by atoms with Crippen LogP contribution in [0.3, 0.4) is 0 Å². The molecule has 3 rings (SSSR count). The number of ether oxygens (including phenoxy) is 1. The van der Waals surface area contributed by atoms with Crippen molar-refractivity contribution in [3.63, 3.8) is 0 Å². The summed E-state index contributed by atoms with van der Waals surface area (Å²) in [7, 11) is 3.57. The Morgan fingerprint density at radius 2 is 2.11 bits per heavy atom. The number of aryl methyl sites for hydroxylation is 2. The van der Waals surface area contributed by atoms with E-state index in [0.29, 0.717) is 11.2 Å². The third-order valence-corrected chi connectivity index (χ3v) is 5.80. The number of hydrogen-bond acceptors (Lipinski definition) is 5. The average molecular weight is 393 g/mol. The van der Waals surface area contributed by atoms with E-state index in [4.69, 9.17) is 16.3 Å². The quantitative estimate of drug-likeness (QED) is 0.784. The Morgan fingerprint density at radius 3 is 2.78 bits per heavy atom. The Morgan fingerprint density at radius 1 is 1.30 bits per heavy atom. The second kappa shape index (κ2) is 9.06. The molecule has 1 fully saturated rings. The summed E-state index contributed by atoms with van der Waals surface area (Å²) in [4.78, 5) is 4.87. The Bertz CT molecular complexity index is 764. The predicted octanol–water partition coefficient (Wildman–Crippen LogP) is 2.46. The lowest BCUT2D eigenvalue weighted by Gasteiger charge is -2.41. The molecule has 0 aliphatic carbocycles. The van der Waals surface area contributed by atoms with E-state index >= 15 is 0 Å². The van der Waals surface area contributed by atoms with Gasteiger partial charge in [0.15, 0.2) is 0 Å². The lowest BCUT2D eigenvalue weighted by atomic mass is 10.1. The Hall–Kier alpha value is -1.60. The molecule has 2 heterocycles. The van der Waals surface area contributed by atoms with Crippen LogP contribution < -0.4 is 4.74 Å². The van der Waals surface area contributed by atoms with E-state index in [2.05, 4.69) is 27.0 Å². The molecule has 6 nitrogen and oxygen atoms in total. The van der Waals surface area contributed by atoms with Crippen molar-refractivity contribution in [1.29, 1.82) is 0 Å². The Kier molecular flexibility index (Phi) is 6.76. The molecule has 148 valence electrons. The maximum absolute atomic E-state index is 9.55. The minimum absolute atomic E-state index is 0.194. The van der Waals surface area contributed by atoms with E-state index < -0.39 is 0 Å². The predicted molar refractivity (Wildman–Crippen MR) is 107 cm³/mol. The SMILES string of the molecule is COc1cccc(CN2CCN(Cc3c(C)nn(C)c3Cl)C[C@H]2CCO)c1. The minimum Gasteiger partial charge on any atom is -0.497 e. The second-order valence-electron chi connectivity index (χ2n) is 7.20. The van der Waals surface area contributed by atoms with Crippen molar-refractivity contribution in [1.82, 2.24) is 19.6 Å². The molecule has 0 spiro atoms. The van der Waals surface area contributed by atoms with E-state index in [1.54, 1.807) is 11.8 Å². The van der Waals surface area contributed by atoms with Crippen molar-refractivity contribution in [2.75, 3.05) is 33.4 Å². The fourth-order valence-electron chi connectivity index (χ4n) is 3.81. The van der Waals surface area contributed by atoms with Crippen LogP contribution in [0.25, 0.3) is 0 Å². The van der Waals surface area contributed by atoms with Crippen molar-refractivity contribution in [3.8, 4) is 5.75 Å². The van der Waals surface area contributed by atoms with Crippen LogP contribution in [0, 0.1) is 6.92 Å². The van der Waals surface area contributed by atoms with E-state index in [1.165, 1.54) is 5.56 Å². The topological polar surface area (TPSA) is 53.8 Å². The van der Waals surface area contributed by atoms with E-state index in [-0.39, 0.29) is 6.61 Å². The van der Waals surface area contributed by atoms with Crippen LogP contribution in [0.2, 0.25) is 5.15 Å². The highest BCUT2D eigenvalue weighted by Gasteiger charge is 2.28. The van der Waals surface area contributed by atoms with Gasteiger partial charge in [0, 0.05) is 58.0 Å². The molecule has 1 saturated heterocycles. The van der Waals surface area contributed by atoms with E-state index in [9.17, 15) is 5.11 Å². The van der Waals surface area contributed by atoms with Crippen molar-refractivity contribution in [2.45, 2.75) is 32.5 Å². The monoisotopic (exact) mass is 392 g/mol. The van der Waals surface area contributed by atoms with Gasteiger partial charge in [0.1, 0.15) is 10.9 Å². The van der Waals surface area contributed by atoms with Crippen molar-refractivity contribution in [2.24, 2.45) is 7.05 Å². The lowest BCUT2D eigenvalue weighted by Crippen LogP contribution is -2.52. The van der Waals surface area contributed by atoms with Gasteiger partial charge in [-0.2, -0.15) is 5.10 Å². The summed E-state index contributed by atoms with van der Waals surface area (Å²) in [6.07, 6.45) is 0.764. The van der Waals surface area contributed by atoms with Gasteiger partial charge in [-0.15, -0.1) is 0 Å². The smallest absolute Gasteiger partial charge is 0.131 e. The van der Waals surface area contributed by atoms with Crippen LogP contribution in [0.15, 0.2) is 24.3 Å². The summed E-state index contributed by atoms with van der Waals surface area (Å²) in [5.74, 6) is 0.881. The normalized spacial score (nSPS) is 18.8. The molecule has 1 aromatic heterocycles. The van der Waals surface area contributed by atoms with Crippen LogP contribution in [-0.4, -0.2) is 64.1 Å². The summed E-state index contributed by atoms with van der Waals surface area (Å²) < 4.78 is 7.07. The van der Waals surface area contributed by atoms with Crippen LogP contribution in [0.4, 0.5) is 0 Å². The number of aromatic nitrogens is 2. The van der Waals surface area contributed by atoms with Gasteiger partial charge < -0.3 is 9.84 Å². The van der Waals surface area contributed by atoms with Gasteiger partial charge in [-0.25, -0.2) is 0 Å². The standard InChI is InChI=1S/C20H29ClN4O2/c1-15-19(20(21)23(2)22-15)14-24-8-9-25(17(13-24)7-10-26)12-16-5-4-6-18(11-16)27-3/h4-6,11,17,26H,7-10,12-14H2,1-3H3/t17-/m1/s1. The Balaban J connectivity index is 1.67. The van der Waals surface area contributed by atoms with E-state index in [0.717, 1.165) is 56.2 Å². The molecule has 0 amide bonds. The number of aliphatic hydroxyl groups is 1. The Labute approximate surface area is 166 Å². The first kappa shape index (κ1) is 20.1. The molecular weight excluding hydrogens is 364 g/mol. The molecule has 1 aromatic carbocycles. The molecule has 1 N–H and O–H groups in total. The number of halogens is 1. The maximum atomic E-state index is 9.55. The maximum Gasteiger partial charge on any atom is 0.131 e. The summed E-state index contributed by atoms with van der Waals surface area (Å²) >= 11 is 6.41. The zero-order valence-electron chi connectivity index (χ0n) is 16.4. The summed E-state index contributed by atoms with van der Waals surface area (Å²) in [6.45, 7) is 6.70. The second-order valence-corrected chi connectivity index (χ2v) is 7.56. The van der Waals surface area contributed by atoms with Crippen molar-refractivity contribution < 1.29 is 9.84 Å². The fourth-order valence-corrected chi connectivity index (χ4v) is 4.05. The van der Waals surface area contributed by atoms with Crippen LogP contribution in [-0.2, 0) is 20.1 Å². The minimum atomic E-state index is 0.194. The van der Waals surface area contributed by atoms with Gasteiger partial charge in [0.05, 0.1) is 12.8 Å². The van der Waals surface area contributed by atoms with Crippen molar-refractivity contribution >= 4 is 11.6 Å². The number of benzene rings is 1. The van der Waals surface area contributed by atoms with Gasteiger partial charge in [-0.05, 0) is 31.0 Å². The van der Waals surface area contributed by atoms with Gasteiger partial charge >= 0.3 is 0 Å². The average Bonchev–Trinajstić information content (AvgIpc) is 2.90. The van der Waals surface area contributed by atoms with Gasteiger partial charge in [-0.1, -0.05) is 23.7 Å². The van der Waals surface area contributed by atoms with Gasteiger partial charge in [-0.3, -0.25) is 14.5 Å². The summed E-state index contributed by atoms with van der Waals surface area (Å²) in [6, 6.07) is 8.52. The number of rotatable bonds is 7. The number of hydrogen-bond donors (Lipinski definition) is 1. The molecular formula is C20H29ClN4O2. The molecule has 2 aromatic rings. The van der Waals surface area contributed by atoms with E-state index in [1.807, 2.05) is 26.1 Å². The van der Waals surface area contributed by atoms with Crippen LogP contribution in [0.5, 0.6) is 5.75 Å². The first-order valence-electron chi connectivity index (χ1n) is 9.40. The number of aliphatic hydroxyl groups excluding tert-OH is 1. The molecule has 1 aliphatic rings. The third kappa shape index (κ3) is 4.82. The number of methoxy groups -OCH3 is 1. The van der Waals surface area contributed by atoms with Crippen molar-refractivity contribution in [3.05, 3.63) is 46.2 Å². The highest BCUT2D eigenvalue weighted by atomic mass is 35.5. The van der Waals surface area contributed by atoms with Crippen LogP contribution >= 0.6 is 11.6 Å². The molecule has 0 saturated carbocycles. The molecule has 0 bridgehead atoms. The molecule has 7 heteroatoms. The largest absolute Gasteiger partial charge is 0.497 e. The zero-order chi connectivity index (χ0) is 19.4. The highest BCUT2D eigenvalue weighted by Crippen LogP contribution is 2.24. The molecule has 1 aliphatic heterocycles. The lowest BCUT2D eigenvalue weighted by molar-refractivity contribution is 0.0498. The first-order valence-corrected chi connectivity index (χ1v) is 9.77. The van der Waals surface area contributed by atoms with Gasteiger partial charge in [0.2, 0.25) is 0 Å². The van der Waals surface area contributed by atoms with Crippen LogP contribution in [0.1, 0.15) is 23.2 Å². The van der Waals surface area contributed by atoms with Gasteiger partial charge in [0.25, 0.3) is 0 Å². The molecule has 0 unspecified atom stereocenters. The highest BCUT2D eigenvalue weighted by molar-refractivity contribution is 6.30. The molecule has 1 atom stereocenters. The molecule has 27 heavy (non-hydrogen) atoms.